The van der Waals surface area contributed by atoms with Gasteiger partial charge in [0, 0.05) is 37.0 Å². The third kappa shape index (κ3) is 9.80. The zero-order valence-electron chi connectivity index (χ0n) is 23.1. The van der Waals surface area contributed by atoms with Gasteiger partial charge in [0.2, 0.25) is 0 Å². The highest BCUT2D eigenvalue weighted by atomic mass is 19.4. The van der Waals surface area contributed by atoms with E-state index in [0.29, 0.717) is 47.5 Å². The van der Waals surface area contributed by atoms with Gasteiger partial charge < -0.3 is 21.3 Å². The molecule has 1 aliphatic carbocycles. The topological polar surface area (TPSA) is 135 Å². The number of aryl methyl sites for hydroxylation is 2. The Kier molecular flexibility index (Phi) is 12.3. The molecule has 0 aromatic heterocycles. The minimum Gasteiger partial charge on any atom is -0.400 e. The molecule has 0 aliphatic heterocycles. The lowest BCUT2D eigenvalue weighted by molar-refractivity contribution is -0.135. The van der Waals surface area contributed by atoms with Crippen molar-refractivity contribution >= 4 is 23.3 Å². The monoisotopic (exact) mass is 561 g/mol. The normalized spacial score (nSPS) is 17.5. The minimum absolute atomic E-state index is 0.137. The van der Waals surface area contributed by atoms with E-state index in [1.807, 2.05) is 38.1 Å². The summed E-state index contributed by atoms with van der Waals surface area (Å²) in [5, 5.41) is 28.2. The number of urea groups is 1. The average molecular weight is 562 g/mol. The quantitative estimate of drug-likeness (QED) is 0.241. The molecule has 1 aliphatic rings. The number of hydrogen-bond acceptors (Lipinski definition) is 6. The molecule has 0 spiro atoms. The number of aliphatic hydroxyl groups is 2. The molecule has 40 heavy (non-hydrogen) atoms. The average Bonchev–Trinajstić information content (AvgIpc) is 2.92. The van der Waals surface area contributed by atoms with Gasteiger partial charge in [-0.05, 0) is 55.0 Å². The van der Waals surface area contributed by atoms with Gasteiger partial charge in [-0.15, -0.1) is 0 Å². The number of nitrogens with zero attached hydrogens (tertiary/aromatic N) is 2. The van der Waals surface area contributed by atoms with E-state index in [4.69, 9.17) is 16.2 Å². The second-order valence-corrected chi connectivity index (χ2v) is 9.37. The summed E-state index contributed by atoms with van der Waals surface area (Å²) in [5.41, 5.74) is 11.0. The summed E-state index contributed by atoms with van der Waals surface area (Å²) in [6, 6.07) is 13.5. The van der Waals surface area contributed by atoms with Gasteiger partial charge in [-0.25, -0.2) is 4.79 Å². The lowest BCUT2D eigenvalue weighted by Crippen LogP contribution is -2.46. The van der Waals surface area contributed by atoms with E-state index in [0.717, 1.165) is 29.6 Å². The molecule has 0 bridgehead atoms. The summed E-state index contributed by atoms with van der Waals surface area (Å²) in [5.74, 6) is -0.330. The fraction of sp³-hybridized carbons (Fsp3) is 0.414. The molecule has 6 N–H and O–H groups in total. The van der Waals surface area contributed by atoms with Crippen molar-refractivity contribution in [2.24, 2.45) is 10.7 Å². The number of aliphatic imine (C=N–C) groups is 1. The maximum absolute atomic E-state index is 13.0. The van der Waals surface area contributed by atoms with Gasteiger partial charge in [0.1, 0.15) is 5.84 Å². The first-order valence-electron chi connectivity index (χ1n) is 13.0. The van der Waals surface area contributed by atoms with Crippen LogP contribution in [-0.2, 0) is 6.42 Å². The van der Waals surface area contributed by atoms with Crippen molar-refractivity contribution in [1.29, 1.82) is 5.41 Å². The molecule has 1 saturated carbocycles. The van der Waals surface area contributed by atoms with Gasteiger partial charge in [-0.3, -0.25) is 15.3 Å². The molecule has 3 rings (SSSR count). The van der Waals surface area contributed by atoms with E-state index in [2.05, 4.69) is 10.3 Å². The molecule has 0 radical (unpaired) electrons. The first-order chi connectivity index (χ1) is 19.0. The van der Waals surface area contributed by atoms with Crippen LogP contribution in [0.25, 0.3) is 0 Å². The number of amides is 2. The molecule has 2 aromatic rings. The number of halogens is 3. The zero-order valence-corrected chi connectivity index (χ0v) is 23.1. The predicted molar refractivity (Wildman–Crippen MR) is 151 cm³/mol. The number of benzene rings is 2. The number of nitrogens with one attached hydrogen (secondary N) is 2. The van der Waals surface area contributed by atoms with Crippen LogP contribution in [0.5, 0.6) is 0 Å². The van der Waals surface area contributed by atoms with Crippen LogP contribution in [0.3, 0.4) is 0 Å². The van der Waals surface area contributed by atoms with E-state index < -0.39 is 31.3 Å². The third-order valence-corrected chi connectivity index (χ3v) is 6.36. The molecule has 218 valence electrons. The van der Waals surface area contributed by atoms with Crippen LogP contribution in [0, 0.1) is 12.3 Å². The largest absolute Gasteiger partial charge is 0.400 e. The molecule has 0 heterocycles. The van der Waals surface area contributed by atoms with Crippen molar-refractivity contribution < 1.29 is 28.2 Å². The molecular formula is C29H38F3N5O3. The molecule has 8 nitrogen and oxygen atoms in total. The van der Waals surface area contributed by atoms with Crippen molar-refractivity contribution in [3.05, 3.63) is 76.5 Å². The number of alkyl halides is 3. The predicted octanol–water partition coefficient (Wildman–Crippen LogP) is 4.99. The van der Waals surface area contributed by atoms with Gasteiger partial charge in [0.05, 0.1) is 24.8 Å². The van der Waals surface area contributed by atoms with Gasteiger partial charge in [0.25, 0.3) is 0 Å². The van der Waals surface area contributed by atoms with E-state index in [1.165, 1.54) is 0 Å². The van der Waals surface area contributed by atoms with Crippen LogP contribution in [0.4, 0.5) is 23.7 Å². The fourth-order valence-electron chi connectivity index (χ4n) is 4.20. The van der Waals surface area contributed by atoms with Crippen molar-refractivity contribution in [3.8, 4) is 0 Å². The highest BCUT2D eigenvalue weighted by molar-refractivity contribution is 6.06. The van der Waals surface area contributed by atoms with Crippen LogP contribution < -0.4 is 11.1 Å². The van der Waals surface area contributed by atoms with Crippen LogP contribution in [0.1, 0.15) is 49.3 Å². The van der Waals surface area contributed by atoms with Crippen molar-refractivity contribution in [2.75, 3.05) is 20.2 Å². The summed E-state index contributed by atoms with van der Waals surface area (Å²) in [6.07, 6.45) is -4.31. The Balaban J connectivity index is 0.00000274. The number of allylic oxidation sites excluding steroid dienone is 1. The minimum atomic E-state index is -4.49. The third-order valence-electron chi connectivity index (χ3n) is 6.36. The van der Waals surface area contributed by atoms with Crippen molar-refractivity contribution in [2.45, 2.75) is 58.2 Å². The van der Waals surface area contributed by atoms with Crippen LogP contribution in [-0.4, -0.2) is 65.2 Å². The maximum atomic E-state index is 13.0. The second kappa shape index (κ2) is 15.2. The first-order valence-corrected chi connectivity index (χ1v) is 13.0. The summed E-state index contributed by atoms with van der Waals surface area (Å²) in [4.78, 5) is 18.5. The molecular weight excluding hydrogens is 523 g/mol. The first kappa shape index (κ1) is 32.5. The Morgan fingerprint density at radius 1 is 1.20 bits per heavy atom. The summed E-state index contributed by atoms with van der Waals surface area (Å²) < 4.78 is 39.0. The Labute approximate surface area is 232 Å². The van der Waals surface area contributed by atoms with Crippen LogP contribution >= 0.6 is 0 Å². The number of nitrogens with two attached hydrogens (primary N) is 1. The molecule has 2 amide bonds. The number of rotatable bonds is 7. The number of carbonyl (C=O) groups excluding carboxylic acids is 1. The summed E-state index contributed by atoms with van der Waals surface area (Å²) in [7, 11) is 1.00. The van der Waals surface area contributed by atoms with Crippen LogP contribution in [0.2, 0.25) is 0 Å². The zero-order chi connectivity index (χ0) is 29.9. The van der Waals surface area contributed by atoms with Gasteiger partial charge >= 0.3 is 12.2 Å². The lowest BCUT2D eigenvalue weighted by atomic mass is 9.89. The van der Waals surface area contributed by atoms with E-state index in [-0.39, 0.29) is 12.4 Å². The van der Waals surface area contributed by atoms with Crippen molar-refractivity contribution in [3.63, 3.8) is 0 Å². The summed E-state index contributed by atoms with van der Waals surface area (Å²) >= 11 is 0. The number of aliphatic hydroxyl groups excluding tert-OH is 2. The van der Waals surface area contributed by atoms with Crippen molar-refractivity contribution in [1.82, 2.24) is 10.2 Å². The Bertz CT molecular complexity index is 1210. The van der Waals surface area contributed by atoms with Crippen LogP contribution in [0.15, 0.2) is 64.8 Å². The SMILES string of the molecule is CCc1ccc(C(=N)N(CCC(F)(F)F)C(=O)NC/C(N)=C2\CCC(O)CC2=Nc2cccc(C)c2)cc1.CO. The Hall–Kier alpha value is -3.70. The molecule has 1 atom stereocenters. The second-order valence-electron chi connectivity index (χ2n) is 9.37. The highest BCUT2D eigenvalue weighted by Gasteiger charge is 2.31. The molecule has 1 unspecified atom stereocenters. The molecule has 0 saturated heterocycles. The number of amidine groups is 1. The molecule has 2 aromatic carbocycles. The van der Waals surface area contributed by atoms with Gasteiger partial charge in [-0.2, -0.15) is 13.2 Å². The smallest absolute Gasteiger partial charge is 0.390 e. The van der Waals surface area contributed by atoms with Gasteiger partial charge in [-0.1, -0.05) is 43.3 Å². The van der Waals surface area contributed by atoms with Gasteiger partial charge in [0.15, 0.2) is 0 Å². The number of carbonyl (C=O) groups is 1. The molecule has 1 fully saturated rings. The highest BCUT2D eigenvalue weighted by Crippen LogP contribution is 2.26. The number of hydrogen-bond donors (Lipinski definition) is 5. The maximum Gasteiger partial charge on any atom is 0.390 e. The van der Waals surface area contributed by atoms with E-state index in [1.54, 1.807) is 24.3 Å². The van der Waals surface area contributed by atoms with E-state index >= 15 is 0 Å². The Morgan fingerprint density at radius 2 is 1.88 bits per heavy atom. The fourth-order valence-corrected chi connectivity index (χ4v) is 4.20. The standard InChI is InChI=1S/C28H34F3N5O2.CH4O/c1-3-19-7-9-20(10-8-19)26(33)36(14-13-28(29,30)31)27(38)34-17-24(32)23-12-11-22(37)16-25(23)35-21-6-4-5-18(2)15-21;1-2/h4-10,15,22,33,37H,3,11-14,16-17,32H2,1-2H3,(H,34,38);2H,1H3/b24-23-,33-26?,35-25?;. The Morgan fingerprint density at radius 3 is 2.48 bits per heavy atom. The van der Waals surface area contributed by atoms with E-state index in [9.17, 15) is 23.1 Å². The molecule has 11 heteroatoms. The lowest BCUT2D eigenvalue weighted by Gasteiger charge is -2.26. The summed E-state index contributed by atoms with van der Waals surface area (Å²) in [6.45, 7) is 3.07.